The van der Waals surface area contributed by atoms with Crippen molar-refractivity contribution in [3.05, 3.63) is 164 Å². The van der Waals surface area contributed by atoms with Crippen LogP contribution in [0.25, 0.3) is 0 Å². The van der Waals surface area contributed by atoms with Crippen LogP contribution in [0.1, 0.15) is 156 Å². The lowest BCUT2D eigenvalue weighted by atomic mass is 9.57. The first-order chi connectivity index (χ1) is 43.4. The molecule has 10 rings (SSSR count). The molecule has 5 aliphatic rings. The van der Waals surface area contributed by atoms with Gasteiger partial charge in [0.2, 0.25) is 11.8 Å². The van der Waals surface area contributed by atoms with Gasteiger partial charge in [0, 0.05) is 46.9 Å². The standard InChI is InChI=1S/C41H54N2O5SSi.C35H48N2O5Si/c1-37(2,3)47-36(45)43-26-18-25-40(43)28-33-39(7,8)34(32(27-41(33,46)42-35(40)44)49-29-19-12-9-13-20-29)48-50(38(4,5)6,30-21-14-10-15-22-30)31-23-16-11-17-24-31;1-32(2,3)41-31(40)37-23-15-22-35(37,30(36)39)24-27-28(38)20-21-29(34(27,7)8)42-43(33(4,5)6,25-16-11-9-12-17-25)26-18-13-10-14-19-26/h9-17,19-24,32-34,46H,18,25-28H2,1-8H3,(H,42,44);9-14,16-21,27,29H,15,22-24H2,1-8H3,(H2,36,39)/t32-,33+,34+,40+,41-;27-,29+,35+/m00/s1. The zero-order valence-corrected chi connectivity index (χ0v) is 60.7. The molecule has 4 fully saturated rings. The van der Waals surface area contributed by atoms with E-state index >= 15 is 0 Å². The summed E-state index contributed by atoms with van der Waals surface area (Å²) in [5, 5.41) is 19.8. The van der Waals surface area contributed by atoms with Crippen LogP contribution in [-0.2, 0) is 32.7 Å². The zero-order valence-electron chi connectivity index (χ0n) is 57.8. The third-order valence-electron chi connectivity index (χ3n) is 20.4. The molecule has 1 spiro atoms. The number of carbonyl (C=O) groups excluding carboxylic acids is 5. The third kappa shape index (κ3) is 13.8. The van der Waals surface area contributed by atoms with E-state index in [1.807, 2.05) is 95.3 Å². The van der Waals surface area contributed by atoms with E-state index in [0.29, 0.717) is 51.6 Å². The highest BCUT2D eigenvalue weighted by molar-refractivity contribution is 8.00. The van der Waals surface area contributed by atoms with E-state index in [0.717, 1.165) is 15.3 Å². The first kappa shape index (κ1) is 71.0. The van der Waals surface area contributed by atoms with Crippen LogP contribution < -0.4 is 31.8 Å². The molecule has 0 aromatic heterocycles. The van der Waals surface area contributed by atoms with Crippen molar-refractivity contribution >= 4 is 78.9 Å². The smallest absolute Gasteiger partial charge is 0.411 e. The number of thioether (sulfide) groups is 1. The number of nitrogens with one attached hydrogen (secondary N) is 1. The Kier molecular flexibility index (Phi) is 20.1. The van der Waals surface area contributed by atoms with Crippen LogP contribution in [0.4, 0.5) is 9.59 Å². The van der Waals surface area contributed by atoms with Crippen molar-refractivity contribution in [1.82, 2.24) is 15.1 Å². The number of aliphatic hydroxyl groups is 1. The number of likely N-dealkylation sites (tertiary alicyclic amines) is 2. The third-order valence-corrected chi connectivity index (χ3v) is 31.7. The number of primary amides is 1. The number of hydrogen-bond donors (Lipinski definition) is 3. The number of carbonyl (C=O) groups is 5. The molecule has 5 aromatic rings. The van der Waals surface area contributed by atoms with Crippen molar-refractivity contribution in [2.24, 2.45) is 28.4 Å². The Balaban J connectivity index is 0.000000222. The molecule has 0 radical (unpaired) electrons. The van der Waals surface area contributed by atoms with Crippen LogP contribution in [0.5, 0.6) is 0 Å². The maximum absolute atomic E-state index is 14.3. The number of nitrogens with zero attached hydrogens (tertiary/aromatic N) is 2. The average Bonchev–Trinajstić information content (AvgIpc) is 1.53. The fraction of sp³-hybridized carbons (Fsp3) is 0.513. The molecule has 1 saturated carbocycles. The Hall–Kier alpha value is -6.35. The van der Waals surface area contributed by atoms with Crippen LogP contribution in [0.3, 0.4) is 0 Å². The summed E-state index contributed by atoms with van der Waals surface area (Å²) >= 11 is 1.71. The van der Waals surface area contributed by atoms with Crippen molar-refractivity contribution < 1.29 is 47.4 Å². The second kappa shape index (κ2) is 26.3. The summed E-state index contributed by atoms with van der Waals surface area (Å²) in [6.45, 7) is 33.7. The maximum Gasteiger partial charge on any atom is 0.411 e. The quantitative estimate of drug-likeness (QED) is 0.0952. The molecule has 3 saturated heterocycles. The normalized spacial score (nSPS) is 26.4. The second-order valence-electron chi connectivity index (χ2n) is 31.8. The van der Waals surface area contributed by atoms with Gasteiger partial charge < -0.3 is 34.5 Å². The summed E-state index contributed by atoms with van der Waals surface area (Å²) in [6, 6.07) is 52.4. The average molecular weight is 1320 g/mol. The Bertz CT molecular complexity index is 3420. The molecular weight excluding hydrogens is 1220 g/mol. The SMILES string of the molecule is CC(C)(C)OC(=O)N1CCC[C@@]1(C[C@H]1C(=O)C=C[C@@H](O[Si](c2ccccc2)(c2ccccc2)C(C)(C)C)C1(C)C)C(N)=O.CC(C)(C)OC(=O)N1CCC[C@]12C[C@@H]1C(C)(C)[C@H](O[Si](c3ccccc3)(c3ccccc3)C(C)(C)C)[C@@H](Sc3ccccc3)C[C@@]1(O)NC2=O. The molecule has 14 nitrogen and oxygen atoms in total. The first-order valence-corrected chi connectivity index (χ1v) is 38.0. The molecule has 4 N–H and O–H groups in total. The summed E-state index contributed by atoms with van der Waals surface area (Å²) in [5.74, 6) is -2.03. The van der Waals surface area contributed by atoms with Gasteiger partial charge in [0.1, 0.15) is 28.0 Å². The number of allylic oxidation sites excluding steroid dienone is 1. The number of nitrogens with two attached hydrogens (primary N) is 1. The van der Waals surface area contributed by atoms with E-state index in [1.165, 1.54) is 15.3 Å². The highest BCUT2D eigenvalue weighted by Crippen LogP contribution is 2.59. The molecule has 0 unspecified atom stereocenters. The van der Waals surface area contributed by atoms with Gasteiger partial charge in [-0.1, -0.05) is 215 Å². The minimum Gasteiger partial charge on any atom is -0.444 e. The van der Waals surface area contributed by atoms with Crippen molar-refractivity contribution in [2.45, 2.75) is 216 Å². The van der Waals surface area contributed by atoms with E-state index in [4.69, 9.17) is 24.1 Å². The predicted molar refractivity (Wildman–Crippen MR) is 376 cm³/mol. The molecule has 3 heterocycles. The molecule has 17 heteroatoms. The lowest BCUT2D eigenvalue weighted by Gasteiger charge is -2.62. The van der Waals surface area contributed by atoms with E-state index in [-0.39, 0.29) is 39.5 Å². The van der Waals surface area contributed by atoms with Gasteiger partial charge in [0.15, 0.2) is 5.78 Å². The minimum absolute atomic E-state index is 0.0936. The van der Waals surface area contributed by atoms with Crippen molar-refractivity contribution in [2.75, 3.05) is 13.1 Å². The predicted octanol–water partition coefficient (Wildman–Crippen LogP) is 12.5. The lowest BCUT2D eigenvalue weighted by Crippen LogP contribution is -2.78. The molecule has 4 amide bonds. The largest absolute Gasteiger partial charge is 0.444 e. The zero-order chi connectivity index (χ0) is 68.0. The lowest BCUT2D eigenvalue weighted by molar-refractivity contribution is -0.199. The van der Waals surface area contributed by atoms with Gasteiger partial charge >= 0.3 is 12.2 Å². The highest BCUT2D eigenvalue weighted by Gasteiger charge is 2.69. The molecule has 3 aliphatic heterocycles. The van der Waals surface area contributed by atoms with Crippen molar-refractivity contribution in [3.8, 4) is 0 Å². The van der Waals surface area contributed by atoms with Gasteiger partial charge in [0.05, 0.1) is 12.2 Å². The van der Waals surface area contributed by atoms with E-state index in [2.05, 4.69) is 158 Å². The van der Waals surface area contributed by atoms with E-state index in [1.54, 1.807) is 43.5 Å². The number of rotatable bonds is 13. The summed E-state index contributed by atoms with van der Waals surface area (Å²) < 4.78 is 27.0. The number of hydrogen-bond acceptors (Lipinski definition) is 11. The second-order valence-corrected chi connectivity index (χ2v) is 41.6. The number of ether oxygens (including phenoxy) is 2. The van der Waals surface area contributed by atoms with Crippen LogP contribution in [0.15, 0.2) is 169 Å². The topological polar surface area (TPSA) is 187 Å². The maximum atomic E-state index is 14.3. The Morgan fingerprint density at radius 2 is 1.01 bits per heavy atom. The Labute approximate surface area is 559 Å². The number of ketones is 1. The van der Waals surface area contributed by atoms with Crippen LogP contribution >= 0.6 is 11.8 Å². The highest BCUT2D eigenvalue weighted by atomic mass is 32.2. The number of benzene rings is 5. The van der Waals surface area contributed by atoms with Gasteiger partial charge in [-0.3, -0.25) is 24.2 Å². The van der Waals surface area contributed by atoms with Crippen molar-refractivity contribution in [3.63, 3.8) is 0 Å². The fourth-order valence-corrected chi connectivity index (χ4v) is 27.1. The molecule has 5 aromatic carbocycles. The Morgan fingerprint density at radius 3 is 1.45 bits per heavy atom. The van der Waals surface area contributed by atoms with Gasteiger partial charge in [-0.25, -0.2) is 9.59 Å². The van der Waals surface area contributed by atoms with Gasteiger partial charge in [-0.05, 0) is 135 Å². The van der Waals surface area contributed by atoms with Crippen LogP contribution in [0, 0.1) is 22.7 Å². The van der Waals surface area contributed by atoms with Crippen LogP contribution in [0.2, 0.25) is 10.1 Å². The van der Waals surface area contributed by atoms with Gasteiger partial charge in [-0.2, -0.15) is 0 Å². The summed E-state index contributed by atoms with van der Waals surface area (Å²) in [6.07, 6.45) is 4.57. The Morgan fingerprint density at radius 1 is 0.591 bits per heavy atom. The van der Waals surface area contributed by atoms with E-state index in [9.17, 15) is 29.1 Å². The summed E-state index contributed by atoms with van der Waals surface area (Å²) in [4.78, 5) is 72.4. The van der Waals surface area contributed by atoms with Crippen molar-refractivity contribution in [1.29, 1.82) is 0 Å². The summed E-state index contributed by atoms with van der Waals surface area (Å²) in [7, 11) is -6.00. The molecule has 2 aliphatic carbocycles. The summed E-state index contributed by atoms with van der Waals surface area (Å²) in [5.41, 5.74) is -0.653. The van der Waals surface area contributed by atoms with Gasteiger partial charge in [0.25, 0.3) is 16.6 Å². The molecule has 8 atom stereocenters. The minimum atomic E-state index is -3.04. The number of fused-ring (bicyclic) bond motifs is 1. The molecule has 93 heavy (non-hydrogen) atoms. The van der Waals surface area contributed by atoms with Gasteiger partial charge in [-0.15, -0.1) is 11.8 Å². The van der Waals surface area contributed by atoms with Crippen LogP contribution in [-0.4, -0.2) is 120 Å². The fourth-order valence-electron chi connectivity index (χ4n) is 15.9. The number of amides is 4. The molecular formula is C76H102N4O10SSi2. The van der Waals surface area contributed by atoms with E-state index < -0.39 is 91.5 Å². The first-order valence-electron chi connectivity index (χ1n) is 33.3. The molecule has 500 valence electrons. The monoisotopic (exact) mass is 1320 g/mol. The number of piperidine rings is 1. The molecule has 0 bridgehead atoms.